The lowest BCUT2D eigenvalue weighted by molar-refractivity contribution is 0.306. The van der Waals surface area contributed by atoms with Crippen LogP contribution < -0.4 is 5.73 Å². The van der Waals surface area contributed by atoms with Gasteiger partial charge in [-0.1, -0.05) is 29.8 Å². The van der Waals surface area contributed by atoms with E-state index in [0.717, 1.165) is 15.0 Å². The van der Waals surface area contributed by atoms with E-state index in [1.165, 1.54) is 4.70 Å². The number of thiazole rings is 1. The van der Waals surface area contributed by atoms with Crippen LogP contribution in [0.5, 0.6) is 0 Å². The summed E-state index contributed by atoms with van der Waals surface area (Å²) in [6, 6.07) is 6.19. The molecule has 0 unspecified atom stereocenters. The molecule has 2 nitrogen and oxygen atoms in total. The molecule has 1 aromatic carbocycles. The monoisotopic (exact) mass is 312 g/mol. The molecule has 92 valence electrons. The molecule has 0 spiro atoms. The van der Waals surface area contributed by atoms with Crippen molar-refractivity contribution in [1.82, 2.24) is 4.98 Å². The minimum atomic E-state index is -0.294. The van der Waals surface area contributed by atoms with Crippen molar-refractivity contribution in [3.63, 3.8) is 0 Å². The number of nitrogens with two attached hydrogens (primary N) is 1. The van der Waals surface area contributed by atoms with Crippen LogP contribution in [0.15, 0.2) is 22.7 Å². The van der Waals surface area contributed by atoms with Crippen LogP contribution >= 0.6 is 27.3 Å². The molecule has 0 amide bonds. The lowest BCUT2D eigenvalue weighted by atomic mass is 9.76. The van der Waals surface area contributed by atoms with Gasteiger partial charge >= 0.3 is 0 Å². The molecule has 0 atom stereocenters. The number of fused-ring (bicyclic) bond motifs is 1. The molecule has 4 heteroatoms. The van der Waals surface area contributed by atoms with Gasteiger partial charge in [0, 0.05) is 15.4 Å². The first-order valence-electron chi connectivity index (χ1n) is 5.57. The summed E-state index contributed by atoms with van der Waals surface area (Å²) in [4.78, 5) is 4.72. The second kappa shape index (κ2) is 4.04. The lowest BCUT2D eigenvalue weighted by Gasteiger charge is -2.36. The summed E-state index contributed by atoms with van der Waals surface area (Å²) in [5, 5.41) is 1.10. The van der Waals surface area contributed by atoms with Crippen molar-refractivity contribution in [3.8, 4) is 0 Å². The molecule has 17 heavy (non-hydrogen) atoms. The maximum atomic E-state index is 6.25. The van der Waals surface area contributed by atoms with Crippen molar-refractivity contribution in [2.45, 2.75) is 38.6 Å². The molecule has 2 rings (SSSR count). The topological polar surface area (TPSA) is 38.9 Å². The molecular formula is C13H17BrN2S. The molecule has 0 aliphatic heterocycles. The minimum absolute atomic E-state index is 0.136. The van der Waals surface area contributed by atoms with Gasteiger partial charge in [0.2, 0.25) is 0 Å². The number of halogens is 1. The van der Waals surface area contributed by atoms with Gasteiger partial charge in [0.1, 0.15) is 5.01 Å². The molecule has 0 saturated carbocycles. The van der Waals surface area contributed by atoms with Crippen molar-refractivity contribution in [1.29, 1.82) is 0 Å². The highest BCUT2D eigenvalue weighted by molar-refractivity contribution is 9.10. The molecule has 0 aliphatic rings. The zero-order valence-corrected chi connectivity index (χ0v) is 12.9. The van der Waals surface area contributed by atoms with E-state index in [2.05, 4.69) is 55.8 Å². The Labute approximate surface area is 114 Å². The van der Waals surface area contributed by atoms with Gasteiger partial charge in [0.25, 0.3) is 0 Å². The number of nitrogens with zero attached hydrogens (tertiary/aromatic N) is 1. The third kappa shape index (κ3) is 2.26. The summed E-state index contributed by atoms with van der Waals surface area (Å²) < 4.78 is 2.27. The summed E-state index contributed by atoms with van der Waals surface area (Å²) in [7, 11) is 0. The average molecular weight is 313 g/mol. The van der Waals surface area contributed by atoms with Crippen molar-refractivity contribution in [3.05, 3.63) is 27.7 Å². The Bertz CT molecular complexity index is 552. The van der Waals surface area contributed by atoms with Gasteiger partial charge in [-0.15, -0.1) is 11.3 Å². The van der Waals surface area contributed by atoms with Crippen LogP contribution in [0.1, 0.15) is 32.7 Å². The predicted octanol–water partition coefficient (Wildman–Crippen LogP) is 4.07. The summed E-state index contributed by atoms with van der Waals surface area (Å²) in [6.07, 6.45) is 0. The Kier molecular flexibility index (Phi) is 3.09. The Morgan fingerprint density at radius 3 is 2.47 bits per heavy atom. The fraction of sp³-hybridized carbons (Fsp3) is 0.462. The predicted molar refractivity (Wildman–Crippen MR) is 78.6 cm³/mol. The van der Waals surface area contributed by atoms with Crippen LogP contribution in [0.2, 0.25) is 0 Å². The second-order valence-corrected chi connectivity index (χ2v) is 7.42. The molecular weight excluding hydrogens is 296 g/mol. The summed E-state index contributed by atoms with van der Waals surface area (Å²) in [6.45, 7) is 8.41. The fourth-order valence-electron chi connectivity index (χ4n) is 1.44. The normalized spacial score (nSPS) is 13.3. The molecule has 0 radical (unpaired) electrons. The average Bonchev–Trinajstić information content (AvgIpc) is 2.58. The highest BCUT2D eigenvalue weighted by Crippen LogP contribution is 2.38. The smallest absolute Gasteiger partial charge is 0.101 e. The maximum Gasteiger partial charge on any atom is 0.101 e. The van der Waals surface area contributed by atoms with Crippen molar-refractivity contribution in [2.24, 2.45) is 5.73 Å². The first-order valence-corrected chi connectivity index (χ1v) is 7.18. The van der Waals surface area contributed by atoms with Crippen LogP contribution in [-0.2, 0) is 5.41 Å². The summed E-state index contributed by atoms with van der Waals surface area (Å²) >= 11 is 5.20. The van der Waals surface area contributed by atoms with E-state index in [9.17, 15) is 0 Å². The van der Waals surface area contributed by atoms with E-state index < -0.39 is 0 Å². The zero-order chi connectivity index (χ0) is 12.8. The first-order chi connectivity index (χ1) is 7.72. The van der Waals surface area contributed by atoms with Gasteiger partial charge in [0.15, 0.2) is 0 Å². The summed E-state index contributed by atoms with van der Waals surface area (Å²) in [5.41, 5.74) is 6.86. The van der Waals surface area contributed by atoms with Crippen molar-refractivity contribution >= 4 is 37.5 Å². The van der Waals surface area contributed by atoms with Gasteiger partial charge < -0.3 is 5.73 Å². The Morgan fingerprint density at radius 2 is 1.88 bits per heavy atom. The van der Waals surface area contributed by atoms with Gasteiger partial charge in [-0.25, -0.2) is 4.98 Å². The third-order valence-corrected chi connectivity index (χ3v) is 5.35. The van der Waals surface area contributed by atoms with Crippen LogP contribution in [0.3, 0.4) is 0 Å². The van der Waals surface area contributed by atoms with E-state index in [1.54, 1.807) is 11.3 Å². The highest BCUT2D eigenvalue weighted by atomic mass is 79.9. The number of hydrogen-bond donors (Lipinski definition) is 1. The van der Waals surface area contributed by atoms with E-state index in [4.69, 9.17) is 10.7 Å². The molecule has 0 bridgehead atoms. The van der Waals surface area contributed by atoms with Crippen LogP contribution in [0.25, 0.3) is 10.2 Å². The largest absolute Gasteiger partial charge is 0.325 e. The number of hydrogen-bond acceptors (Lipinski definition) is 3. The van der Waals surface area contributed by atoms with Gasteiger partial charge in [-0.05, 0) is 32.0 Å². The highest BCUT2D eigenvalue weighted by Gasteiger charge is 2.37. The zero-order valence-electron chi connectivity index (χ0n) is 10.5. The SMILES string of the molecule is CC(C)(N)C(C)(C)c1nc2cc(Br)ccc2s1. The molecule has 0 fully saturated rings. The maximum absolute atomic E-state index is 6.25. The lowest BCUT2D eigenvalue weighted by Crippen LogP contribution is -2.50. The molecule has 0 aliphatic carbocycles. The molecule has 1 heterocycles. The van der Waals surface area contributed by atoms with E-state index in [-0.39, 0.29) is 11.0 Å². The van der Waals surface area contributed by atoms with E-state index in [0.29, 0.717) is 0 Å². The number of aromatic nitrogens is 1. The first kappa shape index (κ1) is 13.0. The van der Waals surface area contributed by atoms with Gasteiger partial charge in [-0.3, -0.25) is 0 Å². The quantitative estimate of drug-likeness (QED) is 0.907. The fourth-order valence-corrected chi connectivity index (χ4v) is 3.01. The minimum Gasteiger partial charge on any atom is -0.325 e. The Balaban J connectivity index is 2.57. The van der Waals surface area contributed by atoms with Crippen LogP contribution in [0.4, 0.5) is 0 Å². The third-order valence-electron chi connectivity index (χ3n) is 3.50. The van der Waals surface area contributed by atoms with Crippen LogP contribution in [0, 0.1) is 0 Å². The van der Waals surface area contributed by atoms with E-state index in [1.807, 2.05) is 6.07 Å². The van der Waals surface area contributed by atoms with Crippen molar-refractivity contribution in [2.75, 3.05) is 0 Å². The summed E-state index contributed by atoms with van der Waals surface area (Å²) in [5.74, 6) is 0. The number of rotatable bonds is 2. The van der Waals surface area contributed by atoms with Crippen LogP contribution in [-0.4, -0.2) is 10.5 Å². The second-order valence-electron chi connectivity index (χ2n) is 5.48. The Morgan fingerprint density at radius 1 is 1.24 bits per heavy atom. The Hall–Kier alpha value is -0.450. The van der Waals surface area contributed by atoms with E-state index >= 15 is 0 Å². The van der Waals surface area contributed by atoms with Gasteiger partial charge in [0.05, 0.1) is 10.2 Å². The molecule has 2 N–H and O–H groups in total. The number of benzene rings is 1. The van der Waals surface area contributed by atoms with Crippen molar-refractivity contribution < 1.29 is 0 Å². The standard InChI is InChI=1S/C13H17BrN2S/c1-12(2,13(3,4)15)11-16-9-7-8(14)5-6-10(9)17-11/h5-7H,15H2,1-4H3. The molecule has 0 saturated heterocycles. The van der Waals surface area contributed by atoms with Gasteiger partial charge in [-0.2, -0.15) is 0 Å². The molecule has 1 aromatic heterocycles. The molecule has 2 aromatic rings.